The molecule has 2 N–H and O–H groups in total. The zero-order valence-electron chi connectivity index (χ0n) is 12.8. The minimum Gasteiger partial charge on any atom is -0.379 e. The van der Waals surface area contributed by atoms with Gasteiger partial charge in [-0.15, -0.1) is 0 Å². The van der Waals surface area contributed by atoms with Crippen molar-refractivity contribution < 1.29 is 9.53 Å². The number of morpholine rings is 1. The lowest BCUT2D eigenvalue weighted by atomic mass is 10.1. The van der Waals surface area contributed by atoms with E-state index in [1.807, 2.05) is 30.3 Å². The van der Waals surface area contributed by atoms with E-state index in [1.54, 1.807) is 12.3 Å². The average Bonchev–Trinajstić information content (AvgIpc) is 3.03. The van der Waals surface area contributed by atoms with Crippen LogP contribution in [0.1, 0.15) is 22.1 Å². The molecule has 5 nitrogen and oxygen atoms in total. The normalized spacial score (nSPS) is 16.9. The van der Waals surface area contributed by atoms with Gasteiger partial charge in [-0.2, -0.15) is 0 Å². The first-order valence-corrected chi connectivity index (χ1v) is 8.10. The van der Waals surface area contributed by atoms with Crippen LogP contribution in [0.4, 0.5) is 0 Å². The lowest BCUT2D eigenvalue weighted by molar-refractivity contribution is 0.0332. The van der Waals surface area contributed by atoms with Gasteiger partial charge in [0.1, 0.15) is 5.69 Å². The monoisotopic (exact) mass is 333 g/mol. The molecule has 0 spiro atoms. The van der Waals surface area contributed by atoms with Crippen LogP contribution in [0.25, 0.3) is 0 Å². The lowest BCUT2D eigenvalue weighted by Crippen LogP contribution is -2.43. The van der Waals surface area contributed by atoms with Crippen molar-refractivity contribution in [1.29, 1.82) is 0 Å². The maximum atomic E-state index is 12.4. The molecule has 1 aromatic carbocycles. The highest BCUT2D eigenvalue weighted by atomic mass is 35.5. The first-order chi connectivity index (χ1) is 11.2. The summed E-state index contributed by atoms with van der Waals surface area (Å²) in [6, 6.07) is 11.6. The Bertz CT molecular complexity index is 638. The predicted molar refractivity (Wildman–Crippen MR) is 89.7 cm³/mol. The highest BCUT2D eigenvalue weighted by Crippen LogP contribution is 2.17. The summed E-state index contributed by atoms with van der Waals surface area (Å²) < 4.78 is 5.39. The number of amides is 1. The smallest absolute Gasteiger partial charge is 0.268 e. The standard InChI is InChI=1S/C17H20ClN3O2/c18-14-10-15(19-11-14)17(22)20-16(13-4-2-1-3-5-13)12-21-6-8-23-9-7-21/h1-5,10-11,16,19H,6-9,12H2,(H,20,22). The fourth-order valence-corrected chi connectivity index (χ4v) is 2.86. The summed E-state index contributed by atoms with van der Waals surface area (Å²) in [5, 5.41) is 3.63. The molecule has 1 saturated heterocycles. The molecule has 2 heterocycles. The molecule has 122 valence electrons. The third kappa shape index (κ3) is 4.34. The summed E-state index contributed by atoms with van der Waals surface area (Å²) >= 11 is 5.88. The lowest BCUT2D eigenvalue weighted by Gasteiger charge is -2.31. The first kappa shape index (κ1) is 16.1. The Kier molecular flexibility index (Phi) is 5.33. The molecule has 3 rings (SSSR count). The van der Waals surface area contributed by atoms with Crippen LogP contribution in [0.2, 0.25) is 5.02 Å². The van der Waals surface area contributed by atoms with Crippen molar-refractivity contribution in [3.63, 3.8) is 0 Å². The van der Waals surface area contributed by atoms with E-state index in [0.717, 1.165) is 38.4 Å². The molecule has 1 aliphatic heterocycles. The van der Waals surface area contributed by atoms with E-state index in [-0.39, 0.29) is 11.9 Å². The third-order valence-corrected chi connectivity index (χ3v) is 4.16. The molecule has 1 aromatic heterocycles. The highest BCUT2D eigenvalue weighted by molar-refractivity contribution is 6.30. The van der Waals surface area contributed by atoms with Crippen molar-refractivity contribution in [2.75, 3.05) is 32.8 Å². The minimum atomic E-state index is -0.154. The molecule has 0 saturated carbocycles. The second kappa shape index (κ2) is 7.64. The van der Waals surface area contributed by atoms with Crippen LogP contribution in [0.15, 0.2) is 42.6 Å². The quantitative estimate of drug-likeness (QED) is 0.883. The minimum absolute atomic E-state index is 0.0797. The van der Waals surface area contributed by atoms with Crippen molar-refractivity contribution in [2.24, 2.45) is 0 Å². The van der Waals surface area contributed by atoms with Gasteiger partial charge in [-0.25, -0.2) is 0 Å². The Labute approximate surface area is 140 Å². The van der Waals surface area contributed by atoms with Gasteiger partial charge in [0, 0.05) is 25.8 Å². The molecule has 1 fully saturated rings. The first-order valence-electron chi connectivity index (χ1n) is 7.72. The number of carbonyl (C=O) groups excluding carboxylic acids is 1. The third-order valence-electron chi connectivity index (χ3n) is 3.94. The van der Waals surface area contributed by atoms with Gasteiger partial charge < -0.3 is 15.0 Å². The fourth-order valence-electron chi connectivity index (χ4n) is 2.70. The van der Waals surface area contributed by atoms with Gasteiger partial charge in [-0.3, -0.25) is 9.69 Å². The van der Waals surface area contributed by atoms with E-state index < -0.39 is 0 Å². The number of ether oxygens (including phenoxy) is 1. The van der Waals surface area contributed by atoms with Crippen molar-refractivity contribution >= 4 is 17.5 Å². The Morgan fingerprint density at radius 2 is 2.04 bits per heavy atom. The molecule has 1 aliphatic rings. The summed E-state index contributed by atoms with van der Waals surface area (Å²) in [5.41, 5.74) is 1.56. The van der Waals surface area contributed by atoms with E-state index in [9.17, 15) is 4.79 Å². The molecule has 23 heavy (non-hydrogen) atoms. The molecular formula is C17H20ClN3O2. The van der Waals surface area contributed by atoms with Gasteiger partial charge >= 0.3 is 0 Å². The molecule has 1 amide bonds. The van der Waals surface area contributed by atoms with E-state index in [2.05, 4.69) is 15.2 Å². The molecule has 1 unspecified atom stereocenters. The number of carbonyl (C=O) groups is 1. The zero-order valence-corrected chi connectivity index (χ0v) is 13.6. The SMILES string of the molecule is O=C(NC(CN1CCOCC1)c1ccccc1)c1cc(Cl)c[nH]1. The van der Waals surface area contributed by atoms with Gasteiger partial charge in [0.2, 0.25) is 0 Å². The zero-order chi connectivity index (χ0) is 16.1. The Morgan fingerprint density at radius 3 is 2.70 bits per heavy atom. The van der Waals surface area contributed by atoms with Crippen molar-refractivity contribution in [3.05, 3.63) is 58.9 Å². The number of nitrogens with one attached hydrogen (secondary N) is 2. The number of aromatic amines is 1. The van der Waals surface area contributed by atoms with Gasteiger partial charge in [0.15, 0.2) is 0 Å². The number of rotatable bonds is 5. The molecular weight excluding hydrogens is 314 g/mol. The maximum absolute atomic E-state index is 12.4. The van der Waals surface area contributed by atoms with Gasteiger partial charge in [0.05, 0.1) is 24.3 Å². The summed E-state index contributed by atoms with van der Waals surface area (Å²) in [6.45, 7) is 4.00. The highest BCUT2D eigenvalue weighted by Gasteiger charge is 2.21. The van der Waals surface area contributed by atoms with Crippen molar-refractivity contribution in [1.82, 2.24) is 15.2 Å². The number of hydrogen-bond acceptors (Lipinski definition) is 3. The largest absolute Gasteiger partial charge is 0.379 e. The molecule has 1 atom stereocenters. The number of hydrogen-bond donors (Lipinski definition) is 2. The Balaban J connectivity index is 1.73. The van der Waals surface area contributed by atoms with Crippen molar-refractivity contribution in [3.8, 4) is 0 Å². The second-order valence-electron chi connectivity index (χ2n) is 5.58. The predicted octanol–water partition coefficient (Wildman–Crippen LogP) is 2.47. The number of H-pyrrole nitrogens is 1. The maximum Gasteiger partial charge on any atom is 0.268 e. The molecule has 0 aliphatic carbocycles. The Morgan fingerprint density at radius 1 is 1.30 bits per heavy atom. The molecule has 6 heteroatoms. The number of aromatic nitrogens is 1. The molecule has 0 bridgehead atoms. The number of halogens is 1. The van der Waals surface area contributed by atoms with Crippen LogP contribution in [0.3, 0.4) is 0 Å². The van der Waals surface area contributed by atoms with E-state index in [1.165, 1.54) is 0 Å². The van der Waals surface area contributed by atoms with Crippen LogP contribution in [0, 0.1) is 0 Å². The fraction of sp³-hybridized carbons (Fsp3) is 0.353. The molecule has 2 aromatic rings. The second-order valence-corrected chi connectivity index (χ2v) is 6.02. The molecule has 0 radical (unpaired) electrons. The number of nitrogens with zero attached hydrogens (tertiary/aromatic N) is 1. The van der Waals surface area contributed by atoms with Crippen LogP contribution >= 0.6 is 11.6 Å². The summed E-state index contributed by atoms with van der Waals surface area (Å²) in [7, 11) is 0. The average molecular weight is 334 g/mol. The Hall–Kier alpha value is -1.82. The van der Waals surface area contributed by atoms with E-state index >= 15 is 0 Å². The summed E-state index contributed by atoms with van der Waals surface area (Å²) in [6.07, 6.45) is 1.61. The van der Waals surface area contributed by atoms with E-state index in [0.29, 0.717) is 10.7 Å². The number of benzene rings is 1. The topological polar surface area (TPSA) is 57.4 Å². The van der Waals surface area contributed by atoms with Crippen LogP contribution in [-0.2, 0) is 4.74 Å². The van der Waals surface area contributed by atoms with Gasteiger partial charge in [-0.1, -0.05) is 41.9 Å². The summed E-state index contributed by atoms with van der Waals surface area (Å²) in [5.74, 6) is -0.154. The van der Waals surface area contributed by atoms with Gasteiger partial charge in [0.25, 0.3) is 5.91 Å². The van der Waals surface area contributed by atoms with Crippen molar-refractivity contribution in [2.45, 2.75) is 6.04 Å². The van der Waals surface area contributed by atoms with E-state index in [4.69, 9.17) is 16.3 Å². The van der Waals surface area contributed by atoms with Crippen LogP contribution in [0.5, 0.6) is 0 Å². The van der Waals surface area contributed by atoms with Crippen LogP contribution in [-0.4, -0.2) is 48.6 Å². The van der Waals surface area contributed by atoms with Gasteiger partial charge in [-0.05, 0) is 11.6 Å². The summed E-state index contributed by atoms with van der Waals surface area (Å²) in [4.78, 5) is 17.6. The van der Waals surface area contributed by atoms with Crippen LogP contribution < -0.4 is 5.32 Å².